The summed E-state index contributed by atoms with van der Waals surface area (Å²) in [6, 6.07) is 3.70. The summed E-state index contributed by atoms with van der Waals surface area (Å²) in [6.45, 7) is 13.8. The second-order valence-electron chi connectivity index (χ2n) is 7.53. The first kappa shape index (κ1) is 16.9. The first-order valence-electron chi connectivity index (χ1n) is 8.24. The molecule has 122 valence electrons. The van der Waals surface area contributed by atoms with Crippen LogP contribution in [0.3, 0.4) is 0 Å². The zero-order valence-corrected chi connectivity index (χ0v) is 14.5. The van der Waals surface area contributed by atoms with Crippen molar-refractivity contribution >= 4 is 5.91 Å². The first-order valence-corrected chi connectivity index (χ1v) is 8.24. The average molecular weight is 303 g/mol. The maximum absolute atomic E-state index is 12.2. The maximum Gasteiger partial charge on any atom is 0.252 e. The van der Waals surface area contributed by atoms with Crippen molar-refractivity contribution in [2.75, 3.05) is 19.6 Å². The largest absolute Gasteiger partial charge is 0.350 e. The van der Waals surface area contributed by atoms with Crippen LogP contribution in [0.25, 0.3) is 0 Å². The van der Waals surface area contributed by atoms with Crippen molar-refractivity contribution in [2.45, 2.75) is 46.6 Å². The number of hydrogen-bond donors (Lipinski definition) is 1. The zero-order chi connectivity index (χ0) is 16.3. The van der Waals surface area contributed by atoms with Gasteiger partial charge in [-0.3, -0.25) is 14.7 Å². The Kier molecular flexibility index (Phi) is 5.22. The van der Waals surface area contributed by atoms with Crippen molar-refractivity contribution < 1.29 is 4.79 Å². The zero-order valence-electron chi connectivity index (χ0n) is 14.5. The van der Waals surface area contributed by atoms with Crippen molar-refractivity contribution in [2.24, 2.45) is 11.8 Å². The molecule has 2 unspecified atom stereocenters. The Morgan fingerprint density at radius 2 is 1.95 bits per heavy atom. The van der Waals surface area contributed by atoms with Crippen LogP contribution >= 0.6 is 0 Å². The van der Waals surface area contributed by atoms with Gasteiger partial charge < -0.3 is 5.32 Å². The number of pyridine rings is 1. The van der Waals surface area contributed by atoms with Crippen LogP contribution in [0.1, 0.15) is 50.2 Å². The smallest absolute Gasteiger partial charge is 0.252 e. The molecule has 0 bridgehead atoms. The van der Waals surface area contributed by atoms with Gasteiger partial charge in [-0.15, -0.1) is 0 Å². The molecule has 0 spiro atoms. The van der Waals surface area contributed by atoms with Gasteiger partial charge in [-0.05, 0) is 51.2 Å². The minimum Gasteiger partial charge on any atom is -0.350 e. The van der Waals surface area contributed by atoms with Gasteiger partial charge in [0.15, 0.2) is 0 Å². The number of likely N-dealkylation sites (tertiary alicyclic amines) is 1. The Morgan fingerprint density at radius 3 is 2.50 bits per heavy atom. The van der Waals surface area contributed by atoms with Crippen LogP contribution in [0, 0.1) is 18.8 Å². The molecule has 0 aliphatic carbocycles. The van der Waals surface area contributed by atoms with E-state index in [1.54, 1.807) is 6.20 Å². The minimum atomic E-state index is -0.0429. The van der Waals surface area contributed by atoms with E-state index >= 15 is 0 Å². The van der Waals surface area contributed by atoms with Gasteiger partial charge in [-0.2, -0.15) is 0 Å². The Labute approximate surface area is 134 Å². The van der Waals surface area contributed by atoms with E-state index in [9.17, 15) is 4.79 Å². The lowest BCUT2D eigenvalue weighted by Crippen LogP contribution is -2.56. The summed E-state index contributed by atoms with van der Waals surface area (Å²) in [7, 11) is 0. The van der Waals surface area contributed by atoms with Gasteiger partial charge in [0.05, 0.1) is 5.56 Å². The standard InChI is InChI=1S/C18H29N3O/c1-13-8-14(2)11-21(10-13)18(4,5)12-20-17(22)16-7-6-15(3)19-9-16/h6-7,9,13-14H,8,10-12H2,1-5H3,(H,20,22). The molecule has 4 heteroatoms. The summed E-state index contributed by atoms with van der Waals surface area (Å²) >= 11 is 0. The number of carbonyl (C=O) groups is 1. The summed E-state index contributed by atoms with van der Waals surface area (Å²) < 4.78 is 0. The summed E-state index contributed by atoms with van der Waals surface area (Å²) in [6.07, 6.45) is 2.94. The lowest BCUT2D eigenvalue weighted by Gasteiger charge is -2.45. The maximum atomic E-state index is 12.2. The van der Waals surface area contributed by atoms with Crippen molar-refractivity contribution in [3.63, 3.8) is 0 Å². The van der Waals surface area contributed by atoms with Crippen molar-refractivity contribution in [3.05, 3.63) is 29.6 Å². The van der Waals surface area contributed by atoms with Crippen molar-refractivity contribution in [1.82, 2.24) is 15.2 Å². The number of aromatic nitrogens is 1. The number of hydrogen-bond acceptors (Lipinski definition) is 3. The predicted molar refractivity (Wildman–Crippen MR) is 89.9 cm³/mol. The average Bonchev–Trinajstić information content (AvgIpc) is 2.44. The fourth-order valence-corrected chi connectivity index (χ4v) is 3.27. The Hall–Kier alpha value is -1.42. The third-order valence-electron chi connectivity index (χ3n) is 4.58. The molecule has 1 aliphatic heterocycles. The summed E-state index contributed by atoms with van der Waals surface area (Å²) in [5.74, 6) is 1.40. The molecular formula is C18H29N3O. The highest BCUT2D eigenvalue weighted by Gasteiger charge is 2.32. The van der Waals surface area contributed by atoms with E-state index in [-0.39, 0.29) is 11.4 Å². The monoisotopic (exact) mass is 303 g/mol. The number of aryl methyl sites for hydroxylation is 1. The topological polar surface area (TPSA) is 45.2 Å². The number of amides is 1. The van der Waals surface area contributed by atoms with Gasteiger partial charge in [0.1, 0.15) is 0 Å². The first-order chi connectivity index (χ1) is 10.3. The molecule has 1 aromatic rings. The highest BCUT2D eigenvalue weighted by atomic mass is 16.1. The van der Waals surface area contributed by atoms with Gasteiger partial charge in [-0.25, -0.2) is 0 Å². The molecule has 2 heterocycles. The molecule has 1 amide bonds. The predicted octanol–water partition coefficient (Wildman–Crippen LogP) is 2.88. The van der Waals surface area contributed by atoms with Crippen LogP contribution in [-0.2, 0) is 0 Å². The van der Waals surface area contributed by atoms with Crippen molar-refractivity contribution in [3.8, 4) is 0 Å². The molecule has 1 N–H and O–H groups in total. The second kappa shape index (κ2) is 6.78. The highest BCUT2D eigenvalue weighted by molar-refractivity contribution is 5.93. The normalized spacial score (nSPS) is 23.3. The van der Waals surface area contributed by atoms with E-state index in [0.29, 0.717) is 12.1 Å². The molecule has 2 atom stereocenters. The van der Waals surface area contributed by atoms with E-state index in [1.807, 2.05) is 19.1 Å². The van der Waals surface area contributed by atoms with E-state index in [1.165, 1.54) is 6.42 Å². The van der Waals surface area contributed by atoms with Crippen LogP contribution in [0.15, 0.2) is 18.3 Å². The Balaban J connectivity index is 1.94. The van der Waals surface area contributed by atoms with E-state index < -0.39 is 0 Å². The molecule has 0 saturated carbocycles. The molecule has 22 heavy (non-hydrogen) atoms. The summed E-state index contributed by atoms with van der Waals surface area (Å²) in [4.78, 5) is 18.9. The molecule has 1 saturated heterocycles. The van der Waals surface area contributed by atoms with Crippen LogP contribution in [0.4, 0.5) is 0 Å². The van der Waals surface area contributed by atoms with Crippen LogP contribution < -0.4 is 5.32 Å². The Morgan fingerprint density at radius 1 is 1.32 bits per heavy atom. The van der Waals surface area contributed by atoms with E-state index in [4.69, 9.17) is 0 Å². The molecule has 0 radical (unpaired) electrons. The van der Waals surface area contributed by atoms with Gasteiger partial charge in [-0.1, -0.05) is 13.8 Å². The summed E-state index contributed by atoms with van der Waals surface area (Å²) in [5.41, 5.74) is 1.52. The van der Waals surface area contributed by atoms with Gasteiger partial charge >= 0.3 is 0 Å². The summed E-state index contributed by atoms with van der Waals surface area (Å²) in [5, 5.41) is 3.07. The molecule has 1 aromatic heterocycles. The molecule has 4 nitrogen and oxygen atoms in total. The van der Waals surface area contributed by atoms with Crippen molar-refractivity contribution in [1.29, 1.82) is 0 Å². The molecule has 1 aliphatic rings. The lowest BCUT2D eigenvalue weighted by molar-refractivity contribution is 0.0445. The third kappa shape index (κ3) is 4.29. The SMILES string of the molecule is Cc1ccc(C(=O)NCC(C)(C)N2CC(C)CC(C)C2)cn1. The number of nitrogens with one attached hydrogen (secondary N) is 1. The third-order valence-corrected chi connectivity index (χ3v) is 4.58. The Bertz CT molecular complexity index is 500. The van der Waals surface area contributed by atoms with E-state index in [2.05, 4.69) is 42.9 Å². The van der Waals surface area contributed by atoms with Crippen LogP contribution in [0.2, 0.25) is 0 Å². The second-order valence-corrected chi connectivity index (χ2v) is 7.53. The van der Waals surface area contributed by atoms with Crippen LogP contribution in [0.5, 0.6) is 0 Å². The lowest BCUT2D eigenvalue weighted by atomic mass is 9.88. The van der Waals surface area contributed by atoms with E-state index in [0.717, 1.165) is 30.6 Å². The number of carbonyl (C=O) groups excluding carboxylic acids is 1. The number of piperidine rings is 1. The van der Waals surface area contributed by atoms with Gasteiger partial charge in [0, 0.05) is 37.1 Å². The number of nitrogens with zero attached hydrogens (tertiary/aromatic N) is 2. The van der Waals surface area contributed by atoms with Gasteiger partial charge in [0.2, 0.25) is 0 Å². The molecule has 1 fully saturated rings. The van der Waals surface area contributed by atoms with Gasteiger partial charge in [0.25, 0.3) is 5.91 Å². The minimum absolute atomic E-state index is 0.0310. The fraction of sp³-hybridized carbons (Fsp3) is 0.667. The van der Waals surface area contributed by atoms with Crippen LogP contribution in [-0.4, -0.2) is 41.0 Å². The fourth-order valence-electron chi connectivity index (χ4n) is 3.27. The molecular weight excluding hydrogens is 274 g/mol. The quantitative estimate of drug-likeness (QED) is 0.930. The molecule has 2 rings (SSSR count). The molecule has 0 aromatic carbocycles. The highest BCUT2D eigenvalue weighted by Crippen LogP contribution is 2.26. The number of rotatable bonds is 4.